The lowest BCUT2D eigenvalue weighted by molar-refractivity contribution is -0.132. The highest BCUT2D eigenvalue weighted by atomic mass is 32.2. The number of nitriles is 1. The first-order valence-electron chi connectivity index (χ1n) is 10.8. The average Bonchev–Trinajstić information content (AvgIpc) is 3.37. The maximum absolute atomic E-state index is 13.6. The van der Waals surface area contributed by atoms with Crippen molar-refractivity contribution in [2.45, 2.75) is 54.8 Å². The van der Waals surface area contributed by atoms with E-state index in [0.29, 0.717) is 5.56 Å². The van der Waals surface area contributed by atoms with Crippen molar-refractivity contribution in [2.75, 3.05) is 11.9 Å². The van der Waals surface area contributed by atoms with Crippen LogP contribution in [-0.2, 0) is 16.0 Å². The van der Waals surface area contributed by atoms with Crippen molar-refractivity contribution < 1.29 is 23.2 Å². The van der Waals surface area contributed by atoms with E-state index in [2.05, 4.69) is 10.3 Å². The van der Waals surface area contributed by atoms with Gasteiger partial charge >= 0.3 is 0 Å². The molecule has 176 valence electrons. The van der Waals surface area contributed by atoms with Gasteiger partial charge in [0.15, 0.2) is 11.6 Å². The number of amides is 1. The highest BCUT2D eigenvalue weighted by Gasteiger charge is 2.47. The van der Waals surface area contributed by atoms with E-state index in [0.717, 1.165) is 21.0 Å². The van der Waals surface area contributed by atoms with Crippen molar-refractivity contribution in [3.8, 4) is 6.07 Å². The Morgan fingerprint density at radius 3 is 2.85 bits per heavy atom. The van der Waals surface area contributed by atoms with Crippen LogP contribution in [0.5, 0.6) is 0 Å². The maximum atomic E-state index is 13.6. The van der Waals surface area contributed by atoms with E-state index in [1.165, 1.54) is 30.2 Å². The molecular weight excluding hydrogens is 462 g/mol. The Labute approximate surface area is 199 Å². The minimum absolute atomic E-state index is 0.0185. The summed E-state index contributed by atoms with van der Waals surface area (Å²) in [6.45, 7) is 1.16. The number of rotatable bonds is 7. The lowest BCUT2D eigenvalue weighted by atomic mass is 9.98. The number of Topliss-reactive ketones (excluding diaryl/α,β-unsaturated/α-hetero) is 2. The Morgan fingerprint density at radius 2 is 2.09 bits per heavy atom. The minimum Gasteiger partial charge on any atom is -0.366 e. The summed E-state index contributed by atoms with van der Waals surface area (Å²) in [5, 5.41) is 11.8. The number of carbonyl (C=O) groups excluding carboxylic acids is 3. The van der Waals surface area contributed by atoms with Crippen LogP contribution in [0.3, 0.4) is 0 Å². The molecule has 1 aromatic heterocycles. The lowest BCUT2D eigenvalue weighted by Gasteiger charge is -2.19. The summed E-state index contributed by atoms with van der Waals surface area (Å²) in [6, 6.07) is 7.90. The number of nitrogens with one attached hydrogen (secondary N) is 1. The number of anilines is 1. The summed E-state index contributed by atoms with van der Waals surface area (Å²) in [5.74, 6) is -4.27. The van der Waals surface area contributed by atoms with Crippen molar-refractivity contribution in [1.82, 2.24) is 9.88 Å². The number of thioether (sulfide) groups is 1. The zero-order chi connectivity index (χ0) is 24.5. The normalized spacial score (nSPS) is 20.4. The van der Waals surface area contributed by atoms with Crippen LogP contribution in [0.25, 0.3) is 0 Å². The molecule has 1 aromatic carbocycles. The van der Waals surface area contributed by atoms with E-state index in [-0.39, 0.29) is 36.4 Å². The first-order chi connectivity index (χ1) is 16.2. The fourth-order valence-corrected chi connectivity index (χ4v) is 5.27. The van der Waals surface area contributed by atoms with Crippen molar-refractivity contribution in [2.24, 2.45) is 0 Å². The van der Waals surface area contributed by atoms with E-state index in [9.17, 15) is 23.2 Å². The zero-order valence-corrected chi connectivity index (χ0v) is 19.2. The molecule has 10 heteroatoms. The monoisotopic (exact) mass is 484 g/mol. The molecule has 2 atom stereocenters. The topological polar surface area (TPSA) is 103 Å². The molecule has 1 unspecified atom stereocenters. The molecule has 34 heavy (non-hydrogen) atoms. The number of benzene rings is 1. The molecule has 1 amide bonds. The van der Waals surface area contributed by atoms with Gasteiger partial charge in [-0.1, -0.05) is 17.8 Å². The third-order valence-electron chi connectivity index (χ3n) is 5.83. The van der Waals surface area contributed by atoms with Gasteiger partial charge in [-0.05, 0) is 36.2 Å². The molecule has 0 bridgehead atoms. The summed E-state index contributed by atoms with van der Waals surface area (Å²) in [5.41, 5.74) is 2.70. The number of aryl methyl sites for hydroxylation is 1. The van der Waals surface area contributed by atoms with Crippen LogP contribution in [0.1, 0.15) is 40.7 Å². The second kappa shape index (κ2) is 9.50. The average molecular weight is 485 g/mol. The van der Waals surface area contributed by atoms with Crippen LogP contribution < -0.4 is 5.32 Å². The molecule has 2 aliphatic heterocycles. The Hall–Kier alpha value is -3.32. The number of ketones is 2. The third-order valence-corrected chi connectivity index (χ3v) is 7.04. The standard InChI is InChI=1S/C24H22F2N4O3S/c1-14-2-3-18-21(8-14)34-23(29-18)20(32)9-15-12-28-7-6-17(15)19(31)4-5-22(33)30-13-24(25,26)10-16(30)11-27/h2-3,6-8,12,16,23,29H,4-5,9-10,13H2,1H3/t16-,23?/m0/s1. The molecule has 2 aromatic rings. The summed E-state index contributed by atoms with van der Waals surface area (Å²) >= 11 is 1.42. The van der Waals surface area contributed by atoms with E-state index in [1.54, 1.807) is 6.07 Å². The number of alkyl halides is 2. The SMILES string of the molecule is Cc1ccc2c(c1)SC(C(=O)Cc1cnccc1C(=O)CCC(=O)N1CC(F)(F)C[C@H]1C#N)N2. The van der Waals surface area contributed by atoms with Gasteiger partial charge in [-0.2, -0.15) is 5.26 Å². The van der Waals surface area contributed by atoms with Crippen molar-refractivity contribution in [3.05, 3.63) is 53.3 Å². The summed E-state index contributed by atoms with van der Waals surface area (Å²) in [7, 11) is 0. The minimum atomic E-state index is -3.11. The van der Waals surface area contributed by atoms with Gasteiger partial charge in [0.2, 0.25) is 5.91 Å². The quantitative estimate of drug-likeness (QED) is 0.597. The molecule has 1 N–H and O–H groups in total. The van der Waals surface area contributed by atoms with Crippen LogP contribution in [0, 0.1) is 18.3 Å². The van der Waals surface area contributed by atoms with E-state index < -0.39 is 36.2 Å². The summed E-state index contributed by atoms with van der Waals surface area (Å²) in [4.78, 5) is 44.0. The van der Waals surface area contributed by atoms with Gasteiger partial charge in [0, 0.05) is 54.2 Å². The Morgan fingerprint density at radius 1 is 1.29 bits per heavy atom. The number of halogens is 2. The van der Waals surface area contributed by atoms with Crippen LogP contribution in [0.2, 0.25) is 0 Å². The van der Waals surface area contributed by atoms with Crippen LogP contribution in [-0.4, -0.2) is 51.2 Å². The largest absolute Gasteiger partial charge is 0.366 e. The van der Waals surface area contributed by atoms with Gasteiger partial charge in [0.25, 0.3) is 5.92 Å². The second-order valence-electron chi connectivity index (χ2n) is 8.47. The Balaban J connectivity index is 1.38. The number of aromatic nitrogens is 1. The predicted molar refractivity (Wildman–Crippen MR) is 122 cm³/mol. The van der Waals surface area contributed by atoms with Gasteiger partial charge in [-0.3, -0.25) is 19.4 Å². The Bertz CT molecular complexity index is 1200. The number of hydrogen-bond acceptors (Lipinski definition) is 7. The molecule has 3 heterocycles. The highest BCUT2D eigenvalue weighted by Crippen LogP contribution is 2.39. The maximum Gasteiger partial charge on any atom is 0.268 e. The molecule has 1 fully saturated rings. The molecule has 0 aliphatic carbocycles. The molecule has 0 radical (unpaired) electrons. The third kappa shape index (κ3) is 5.09. The van der Waals surface area contributed by atoms with Crippen LogP contribution in [0.4, 0.5) is 14.5 Å². The van der Waals surface area contributed by atoms with Gasteiger partial charge in [-0.25, -0.2) is 8.78 Å². The van der Waals surface area contributed by atoms with E-state index in [1.807, 2.05) is 25.1 Å². The van der Waals surface area contributed by atoms with Gasteiger partial charge in [-0.15, -0.1) is 0 Å². The highest BCUT2D eigenvalue weighted by molar-refractivity contribution is 8.01. The number of nitrogens with zero attached hydrogens (tertiary/aromatic N) is 3. The molecule has 0 spiro atoms. The van der Waals surface area contributed by atoms with E-state index in [4.69, 9.17) is 5.26 Å². The smallest absolute Gasteiger partial charge is 0.268 e. The predicted octanol–water partition coefficient (Wildman–Crippen LogP) is 3.77. The summed E-state index contributed by atoms with van der Waals surface area (Å²) < 4.78 is 27.2. The van der Waals surface area contributed by atoms with E-state index >= 15 is 0 Å². The van der Waals surface area contributed by atoms with Crippen molar-refractivity contribution in [1.29, 1.82) is 5.26 Å². The first-order valence-corrected chi connectivity index (χ1v) is 11.6. The van der Waals surface area contributed by atoms with Gasteiger partial charge in [0.05, 0.1) is 12.6 Å². The number of carbonyl (C=O) groups is 3. The fraction of sp³-hybridized carbons (Fsp3) is 0.375. The van der Waals surface area contributed by atoms with Crippen molar-refractivity contribution in [3.63, 3.8) is 0 Å². The summed E-state index contributed by atoms with van der Waals surface area (Å²) in [6.07, 6.45) is 1.66. The molecule has 2 aliphatic rings. The molecule has 1 saturated heterocycles. The molecule has 7 nitrogen and oxygen atoms in total. The second-order valence-corrected chi connectivity index (χ2v) is 9.61. The fourth-order valence-electron chi connectivity index (χ4n) is 4.10. The Kier molecular flexibility index (Phi) is 6.66. The van der Waals surface area contributed by atoms with Gasteiger partial charge in [0.1, 0.15) is 11.4 Å². The number of likely N-dealkylation sites (tertiary alicyclic amines) is 1. The molecule has 0 saturated carbocycles. The van der Waals surface area contributed by atoms with Crippen LogP contribution >= 0.6 is 11.8 Å². The zero-order valence-electron chi connectivity index (χ0n) is 18.4. The van der Waals surface area contributed by atoms with Gasteiger partial charge < -0.3 is 10.2 Å². The number of pyridine rings is 1. The van der Waals surface area contributed by atoms with Crippen molar-refractivity contribution >= 4 is 34.9 Å². The number of hydrogen-bond donors (Lipinski definition) is 1. The molecular formula is C24H22F2N4O3S. The number of fused-ring (bicyclic) bond motifs is 1. The first kappa shape index (κ1) is 23.8. The van der Waals surface area contributed by atoms with Crippen LogP contribution in [0.15, 0.2) is 41.6 Å². The molecule has 4 rings (SSSR count). The lowest BCUT2D eigenvalue weighted by Crippen LogP contribution is -2.36.